The van der Waals surface area contributed by atoms with Crippen molar-refractivity contribution in [3.63, 3.8) is 0 Å². The van der Waals surface area contributed by atoms with Gasteiger partial charge in [0.2, 0.25) is 0 Å². The molecule has 0 aromatic heterocycles. The van der Waals surface area contributed by atoms with Crippen LogP contribution in [0, 0.1) is 5.92 Å². The van der Waals surface area contributed by atoms with Gasteiger partial charge in [0.15, 0.2) is 0 Å². The minimum atomic E-state index is -2.90. The molecule has 0 aromatic rings. The molecule has 1 aliphatic rings. The zero-order valence-electron chi connectivity index (χ0n) is 12.3. The maximum atomic E-state index is 11.5. The third kappa shape index (κ3) is 4.52. The Morgan fingerprint density at radius 1 is 1.33 bits per heavy atom. The molecule has 3 unspecified atom stereocenters. The first kappa shape index (κ1) is 15.9. The van der Waals surface area contributed by atoms with Gasteiger partial charge in [-0.3, -0.25) is 4.90 Å². The van der Waals surface area contributed by atoms with Gasteiger partial charge in [-0.1, -0.05) is 20.8 Å². The van der Waals surface area contributed by atoms with Gasteiger partial charge >= 0.3 is 0 Å². The smallest absolute Gasteiger partial charge is 0.148 e. The topological polar surface area (TPSA) is 49.4 Å². The molecule has 1 N–H and O–H groups in total. The summed E-state index contributed by atoms with van der Waals surface area (Å²) in [6.07, 6.45) is 2.39. The van der Waals surface area contributed by atoms with Gasteiger partial charge in [-0.25, -0.2) is 8.42 Å². The van der Waals surface area contributed by atoms with E-state index in [1.54, 1.807) is 0 Å². The van der Waals surface area contributed by atoms with Crippen LogP contribution in [0.3, 0.4) is 0 Å². The Labute approximate surface area is 112 Å². The monoisotopic (exact) mass is 276 g/mol. The van der Waals surface area contributed by atoms with E-state index in [2.05, 4.69) is 31.0 Å². The predicted octanol–water partition coefficient (Wildman–Crippen LogP) is 1.13. The van der Waals surface area contributed by atoms with Crippen LogP contribution in [-0.4, -0.2) is 56.5 Å². The normalized spacial score (nSPS) is 28.6. The van der Waals surface area contributed by atoms with Crippen LogP contribution in [0.5, 0.6) is 0 Å². The average molecular weight is 276 g/mol. The van der Waals surface area contributed by atoms with Gasteiger partial charge < -0.3 is 5.32 Å². The molecule has 1 heterocycles. The van der Waals surface area contributed by atoms with Crippen LogP contribution in [0.25, 0.3) is 0 Å². The SMILES string of the molecule is CCC1CNC(C(C)C)CN1C(C)CS(C)(=O)=O. The Balaban J connectivity index is 2.73. The van der Waals surface area contributed by atoms with Crippen LogP contribution < -0.4 is 5.32 Å². The van der Waals surface area contributed by atoms with Crippen molar-refractivity contribution in [2.24, 2.45) is 5.92 Å². The molecule has 108 valence electrons. The highest BCUT2D eigenvalue weighted by atomic mass is 32.2. The minimum absolute atomic E-state index is 0.105. The lowest BCUT2D eigenvalue weighted by molar-refractivity contribution is 0.0821. The molecule has 1 saturated heterocycles. The fraction of sp³-hybridized carbons (Fsp3) is 1.00. The molecule has 3 atom stereocenters. The molecule has 0 saturated carbocycles. The molecule has 0 aliphatic carbocycles. The number of piperazine rings is 1. The lowest BCUT2D eigenvalue weighted by atomic mass is 9.97. The lowest BCUT2D eigenvalue weighted by Gasteiger charge is -2.44. The molecule has 0 amide bonds. The fourth-order valence-electron chi connectivity index (χ4n) is 2.74. The molecule has 0 spiro atoms. The van der Waals surface area contributed by atoms with E-state index in [9.17, 15) is 8.42 Å². The van der Waals surface area contributed by atoms with Crippen LogP contribution in [0.2, 0.25) is 0 Å². The second-order valence-corrected chi connectivity index (χ2v) is 8.14. The van der Waals surface area contributed by atoms with Gasteiger partial charge in [-0.15, -0.1) is 0 Å². The Kier molecular flexibility index (Phi) is 5.62. The molecule has 5 heteroatoms. The van der Waals surface area contributed by atoms with Gasteiger partial charge in [0.05, 0.1) is 5.75 Å². The number of nitrogens with one attached hydrogen (secondary N) is 1. The van der Waals surface area contributed by atoms with Crippen LogP contribution >= 0.6 is 0 Å². The molecule has 18 heavy (non-hydrogen) atoms. The first-order chi connectivity index (χ1) is 8.24. The van der Waals surface area contributed by atoms with E-state index in [-0.39, 0.29) is 11.8 Å². The third-order valence-corrected chi connectivity index (χ3v) is 4.97. The summed E-state index contributed by atoms with van der Waals surface area (Å²) in [6.45, 7) is 10.5. The van der Waals surface area contributed by atoms with Crippen molar-refractivity contribution in [3.8, 4) is 0 Å². The highest BCUT2D eigenvalue weighted by molar-refractivity contribution is 7.90. The molecule has 0 bridgehead atoms. The standard InChI is InChI=1S/C13H28N2O2S/c1-6-12-7-14-13(10(2)3)8-15(12)11(4)9-18(5,16)17/h10-14H,6-9H2,1-5H3. The molecule has 0 radical (unpaired) electrons. The Morgan fingerprint density at radius 3 is 2.39 bits per heavy atom. The Morgan fingerprint density at radius 2 is 1.94 bits per heavy atom. The molecule has 1 rings (SSSR count). The molecular formula is C13H28N2O2S. The van der Waals surface area contributed by atoms with Gasteiger partial charge in [0.1, 0.15) is 9.84 Å². The third-order valence-electron chi connectivity index (χ3n) is 3.88. The number of rotatable bonds is 5. The Hall–Kier alpha value is -0.130. The van der Waals surface area contributed by atoms with Gasteiger partial charge in [0, 0.05) is 37.5 Å². The highest BCUT2D eigenvalue weighted by Gasteiger charge is 2.32. The summed E-state index contributed by atoms with van der Waals surface area (Å²) in [6, 6.07) is 1.03. The van der Waals surface area contributed by atoms with Crippen LogP contribution in [0.4, 0.5) is 0 Å². The van der Waals surface area contributed by atoms with Crippen molar-refractivity contribution in [2.45, 2.75) is 52.2 Å². The van der Waals surface area contributed by atoms with Crippen LogP contribution in [-0.2, 0) is 9.84 Å². The van der Waals surface area contributed by atoms with Crippen molar-refractivity contribution in [3.05, 3.63) is 0 Å². The largest absolute Gasteiger partial charge is 0.311 e. The number of nitrogens with zero attached hydrogens (tertiary/aromatic N) is 1. The number of sulfone groups is 1. The average Bonchev–Trinajstić information content (AvgIpc) is 2.25. The summed E-state index contributed by atoms with van der Waals surface area (Å²) >= 11 is 0. The van der Waals surface area contributed by atoms with E-state index in [0.29, 0.717) is 18.0 Å². The molecule has 1 aliphatic heterocycles. The van der Waals surface area contributed by atoms with Crippen molar-refractivity contribution >= 4 is 9.84 Å². The molecule has 4 nitrogen and oxygen atoms in total. The predicted molar refractivity (Wildman–Crippen MR) is 76.6 cm³/mol. The molecule has 0 aromatic carbocycles. The maximum absolute atomic E-state index is 11.5. The first-order valence-corrected chi connectivity index (χ1v) is 8.97. The fourth-order valence-corrected chi connectivity index (χ4v) is 3.81. The summed E-state index contributed by atoms with van der Waals surface area (Å²) in [5, 5.41) is 3.58. The van der Waals surface area contributed by atoms with Crippen LogP contribution in [0.15, 0.2) is 0 Å². The van der Waals surface area contributed by atoms with Crippen LogP contribution in [0.1, 0.15) is 34.1 Å². The lowest BCUT2D eigenvalue weighted by Crippen LogP contribution is -2.61. The quantitative estimate of drug-likeness (QED) is 0.818. The maximum Gasteiger partial charge on any atom is 0.148 e. The molecular weight excluding hydrogens is 248 g/mol. The van der Waals surface area contributed by atoms with Crippen molar-refractivity contribution in [1.82, 2.24) is 10.2 Å². The zero-order chi connectivity index (χ0) is 13.9. The first-order valence-electron chi connectivity index (χ1n) is 6.91. The van der Waals surface area contributed by atoms with Crippen molar-refractivity contribution in [1.29, 1.82) is 0 Å². The van der Waals surface area contributed by atoms with Gasteiger partial charge in [0.25, 0.3) is 0 Å². The van der Waals surface area contributed by atoms with E-state index in [4.69, 9.17) is 0 Å². The van der Waals surface area contributed by atoms with Gasteiger partial charge in [-0.05, 0) is 19.3 Å². The zero-order valence-corrected chi connectivity index (χ0v) is 13.1. The van der Waals surface area contributed by atoms with Crippen molar-refractivity contribution in [2.75, 3.05) is 25.1 Å². The van der Waals surface area contributed by atoms with E-state index in [1.807, 2.05) is 6.92 Å². The Bertz CT molecular complexity index is 354. The van der Waals surface area contributed by atoms with E-state index in [0.717, 1.165) is 19.5 Å². The summed E-state index contributed by atoms with van der Waals surface area (Å²) in [5.74, 6) is 0.838. The minimum Gasteiger partial charge on any atom is -0.311 e. The highest BCUT2D eigenvalue weighted by Crippen LogP contribution is 2.18. The second-order valence-electron chi connectivity index (χ2n) is 5.96. The number of hydrogen-bond acceptors (Lipinski definition) is 4. The van der Waals surface area contributed by atoms with Crippen molar-refractivity contribution < 1.29 is 8.42 Å². The summed E-state index contributed by atoms with van der Waals surface area (Å²) < 4.78 is 22.9. The van der Waals surface area contributed by atoms with E-state index < -0.39 is 9.84 Å². The second kappa shape index (κ2) is 6.35. The number of hydrogen-bond donors (Lipinski definition) is 1. The van der Waals surface area contributed by atoms with E-state index >= 15 is 0 Å². The summed E-state index contributed by atoms with van der Waals surface area (Å²) in [5.41, 5.74) is 0. The van der Waals surface area contributed by atoms with Gasteiger partial charge in [-0.2, -0.15) is 0 Å². The summed E-state index contributed by atoms with van der Waals surface area (Å²) in [4.78, 5) is 2.38. The summed E-state index contributed by atoms with van der Waals surface area (Å²) in [7, 11) is -2.90. The molecule has 1 fully saturated rings. The van der Waals surface area contributed by atoms with E-state index in [1.165, 1.54) is 6.26 Å².